The second kappa shape index (κ2) is 7.45. The van der Waals surface area contributed by atoms with Gasteiger partial charge in [-0.05, 0) is 42.6 Å². The van der Waals surface area contributed by atoms with Gasteiger partial charge in [-0.1, -0.05) is 42.5 Å². The summed E-state index contributed by atoms with van der Waals surface area (Å²) in [6.07, 6.45) is 1.19. The lowest BCUT2D eigenvalue weighted by molar-refractivity contribution is -0.139. The molecule has 2 rings (SSSR count). The number of phenols is 1. The highest BCUT2D eigenvalue weighted by Crippen LogP contribution is 2.11. The standard InChI is InChI=1S/C17H19NO3/c19-15-8-6-14(7-9-15)12-16(17(20)21)18-11-10-13-4-2-1-3-5-13/h1-9,16,18-19H,10-12H2,(H,20,21). The molecule has 0 spiro atoms. The Balaban J connectivity index is 1.87. The fraction of sp³-hybridized carbons (Fsp3) is 0.235. The molecular formula is C17H19NO3. The van der Waals surface area contributed by atoms with Crippen LogP contribution >= 0.6 is 0 Å². The van der Waals surface area contributed by atoms with Gasteiger partial charge < -0.3 is 15.5 Å². The third kappa shape index (κ3) is 4.93. The number of carboxylic acids is 1. The van der Waals surface area contributed by atoms with Crippen molar-refractivity contribution in [2.75, 3.05) is 6.54 Å². The summed E-state index contributed by atoms with van der Waals surface area (Å²) in [7, 11) is 0. The SMILES string of the molecule is O=C(O)C(Cc1ccc(O)cc1)NCCc1ccccc1. The van der Waals surface area contributed by atoms with Crippen molar-refractivity contribution in [2.24, 2.45) is 0 Å². The summed E-state index contributed by atoms with van der Waals surface area (Å²) in [6, 6.07) is 15.9. The third-order valence-electron chi connectivity index (χ3n) is 3.32. The van der Waals surface area contributed by atoms with Crippen LogP contribution in [0.2, 0.25) is 0 Å². The molecule has 3 N–H and O–H groups in total. The Morgan fingerprint density at radius 2 is 1.67 bits per heavy atom. The van der Waals surface area contributed by atoms with E-state index in [0.717, 1.165) is 12.0 Å². The largest absolute Gasteiger partial charge is 0.508 e. The number of aliphatic carboxylic acids is 1. The summed E-state index contributed by atoms with van der Waals surface area (Å²) in [5.74, 6) is -0.682. The zero-order chi connectivity index (χ0) is 15.1. The summed E-state index contributed by atoms with van der Waals surface area (Å²) >= 11 is 0. The maximum absolute atomic E-state index is 11.3. The molecule has 110 valence electrons. The summed E-state index contributed by atoms with van der Waals surface area (Å²) in [5.41, 5.74) is 2.06. The van der Waals surface area contributed by atoms with Crippen molar-refractivity contribution in [3.63, 3.8) is 0 Å². The molecule has 0 bridgehead atoms. The van der Waals surface area contributed by atoms with Crippen LogP contribution in [0.3, 0.4) is 0 Å². The summed E-state index contributed by atoms with van der Waals surface area (Å²) in [6.45, 7) is 0.610. The predicted octanol–water partition coefficient (Wildman–Crippen LogP) is 2.22. The van der Waals surface area contributed by atoms with Gasteiger partial charge in [0.05, 0.1) is 0 Å². The van der Waals surface area contributed by atoms with E-state index in [1.54, 1.807) is 24.3 Å². The molecular weight excluding hydrogens is 266 g/mol. The monoisotopic (exact) mass is 285 g/mol. The van der Waals surface area contributed by atoms with Gasteiger partial charge in [0.2, 0.25) is 0 Å². The summed E-state index contributed by atoms with van der Waals surface area (Å²) in [5, 5.41) is 21.6. The van der Waals surface area contributed by atoms with Crippen LogP contribution in [0.25, 0.3) is 0 Å². The van der Waals surface area contributed by atoms with Crippen molar-refractivity contribution >= 4 is 5.97 Å². The molecule has 0 radical (unpaired) electrons. The Morgan fingerprint density at radius 3 is 2.29 bits per heavy atom. The number of phenolic OH excluding ortho intramolecular Hbond substituents is 1. The van der Waals surface area contributed by atoms with E-state index in [1.807, 2.05) is 30.3 Å². The molecule has 0 saturated heterocycles. The van der Waals surface area contributed by atoms with Crippen molar-refractivity contribution < 1.29 is 15.0 Å². The van der Waals surface area contributed by atoms with Gasteiger partial charge in [-0.3, -0.25) is 4.79 Å². The molecule has 0 amide bonds. The van der Waals surface area contributed by atoms with E-state index >= 15 is 0 Å². The lowest BCUT2D eigenvalue weighted by Gasteiger charge is -2.14. The predicted molar refractivity (Wildman–Crippen MR) is 81.4 cm³/mol. The quantitative estimate of drug-likeness (QED) is 0.729. The molecule has 4 nitrogen and oxygen atoms in total. The van der Waals surface area contributed by atoms with Crippen LogP contribution in [0.5, 0.6) is 5.75 Å². The van der Waals surface area contributed by atoms with Gasteiger partial charge in [0.25, 0.3) is 0 Å². The number of rotatable bonds is 7. The zero-order valence-corrected chi connectivity index (χ0v) is 11.7. The van der Waals surface area contributed by atoms with Gasteiger partial charge in [-0.25, -0.2) is 0 Å². The molecule has 0 heterocycles. The first-order chi connectivity index (χ1) is 10.1. The molecule has 2 aromatic rings. The highest BCUT2D eigenvalue weighted by atomic mass is 16.4. The number of carboxylic acid groups (broad SMARTS) is 1. The smallest absolute Gasteiger partial charge is 0.321 e. The van der Waals surface area contributed by atoms with E-state index in [0.29, 0.717) is 13.0 Å². The van der Waals surface area contributed by atoms with Crippen LogP contribution in [0, 0.1) is 0 Å². The van der Waals surface area contributed by atoms with E-state index in [1.165, 1.54) is 5.56 Å². The minimum Gasteiger partial charge on any atom is -0.508 e. The van der Waals surface area contributed by atoms with Gasteiger partial charge in [0.1, 0.15) is 11.8 Å². The van der Waals surface area contributed by atoms with Gasteiger partial charge in [-0.2, -0.15) is 0 Å². The number of hydrogen-bond donors (Lipinski definition) is 3. The van der Waals surface area contributed by atoms with Crippen molar-refractivity contribution in [1.82, 2.24) is 5.32 Å². The van der Waals surface area contributed by atoms with Crippen molar-refractivity contribution in [3.05, 3.63) is 65.7 Å². The number of aromatic hydroxyl groups is 1. The van der Waals surface area contributed by atoms with Crippen LogP contribution in [-0.2, 0) is 17.6 Å². The molecule has 2 aromatic carbocycles. The van der Waals surface area contributed by atoms with E-state index in [2.05, 4.69) is 5.32 Å². The Hall–Kier alpha value is -2.33. The maximum Gasteiger partial charge on any atom is 0.321 e. The lowest BCUT2D eigenvalue weighted by atomic mass is 10.1. The molecule has 0 fully saturated rings. The van der Waals surface area contributed by atoms with Gasteiger partial charge in [0.15, 0.2) is 0 Å². The normalized spacial score (nSPS) is 12.0. The second-order valence-electron chi connectivity index (χ2n) is 4.95. The molecule has 4 heteroatoms. The van der Waals surface area contributed by atoms with E-state index in [4.69, 9.17) is 0 Å². The molecule has 0 aliphatic heterocycles. The molecule has 0 saturated carbocycles. The topological polar surface area (TPSA) is 69.6 Å². The summed E-state index contributed by atoms with van der Waals surface area (Å²) in [4.78, 5) is 11.3. The fourth-order valence-corrected chi connectivity index (χ4v) is 2.15. The number of benzene rings is 2. The lowest BCUT2D eigenvalue weighted by Crippen LogP contribution is -2.39. The Bertz CT molecular complexity index is 566. The van der Waals surface area contributed by atoms with E-state index in [9.17, 15) is 15.0 Å². The minimum atomic E-state index is -0.865. The molecule has 0 aromatic heterocycles. The average Bonchev–Trinajstić information content (AvgIpc) is 2.49. The Labute approximate surface area is 124 Å². The Kier molecular flexibility index (Phi) is 5.35. The minimum absolute atomic E-state index is 0.183. The van der Waals surface area contributed by atoms with Crippen LogP contribution in [0.1, 0.15) is 11.1 Å². The average molecular weight is 285 g/mol. The number of hydrogen-bond acceptors (Lipinski definition) is 3. The first-order valence-electron chi connectivity index (χ1n) is 6.93. The highest BCUT2D eigenvalue weighted by Gasteiger charge is 2.16. The first kappa shape index (κ1) is 15.1. The van der Waals surface area contributed by atoms with Crippen LogP contribution in [-0.4, -0.2) is 28.8 Å². The molecule has 0 aliphatic carbocycles. The molecule has 21 heavy (non-hydrogen) atoms. The molecule has 0 aliphatic rings. The second-order valence-corrected chi connectivity index (χ2v) is 4.95. The first-order valence-corrected chi connectivity index (χ1v) is 6.93. The van der Waals surface area contributed by atoms with Crippen molar-refractivity contribution in [3.8, 4) is 5.75 Å². The van der Waals surface area contributed by atoms with Crippen molar-refractivity contribution in [2.45, 2.75) is 18.9 Å². The Morgan fingerprint density at radius 1 is 1.00 bits per heavy atom. The number of nitrogens with one attached hydrogen (secondary N) is 1. The molecule has 1 atom stereocenters. The third-order valence-corrected chi connectivity index (χ3v) is 3.32. The van der Waals surface area contributed by atoms with Gasteiger partial charge in [-0.15, -0.1) is 0 Å². The van der Waals surface area contributed by atoms with Crippen LogP contribution < -0.4 is 5.32 Å². The highest BCUT2D eigenvalue weighted by molar-refractivity contribution is 5.73. The number of carbonyl (C=O) groups is 1. The molecule has 1 unspecified atom stereocenters. The maximum atomic E-state index is 11.3. The van der Waals surface area contributed by atoms with Gasteiger partial charge in [0, 0.05) is 0 Å². The van der Waals surface area contributed by atoms with Crippen LogP contribution in [0.15, 0.2) is 54.6 Å². The van der Waals surface area contributed by atoms with Crippen LogP contribution in [0.4, 0.5) is 0 Å². The van der Waals surface area contributed by atoms with Crippen molar-refractivity contribution in [1.29, 1.82) is 0 Å². The van der Waals surface area contributed by atoms with Gasteiger partial charge >= 0.3 is 5.97 Å². The van der Waals surface area contributed by atoms with E-state index < -0.39 is 12.0 Å². The zero-order valence-electron chi connectivity index (χ0n) is 11.7. The summed E-state index contributed by atoms with van der Waals surface area (Å²) < 4.78 is 0. The fourth-order valence-electron chi connectivity index (χ4n) is 2.15. The van der Waals surface area contributed by atoms with E-state index in [-0.39, 0.29) is 5.75 Å².